The SMILES string of the molecule is O=C(Oc1ccc([N+](=O)[O-])cc1[N+](=O)[O-])c1ccc(Cl)cc1[N+](=O)[O-]. The fourth-order valence-corrected chi connectivity index (χ4v) is 2.00. The maximum Gasteiger partial charge on any atom is 0.350 e. The Kier molecular flexibility index (Phi) is 4.89. The van der Waals surface area contributed by atoms with E-state index in [9.17, 15) is 35.1 Å². The summed E-state index contributed by atoms with van der Waals surface area (Å²) < 4.78 is 4.81. The van der Waals surface area contributed by atoms with Gasteiger partial charge < -0.3 is 4.74 Å². The van der Waals surface area contributed by atoms with Gasteiger partial charge in [0.05, 0.1) is 20.8 Å². The maximum absolute atomic E-state index is 12.1. The summed E-state index contributed by atoms with van der Waals surface area (Å²) in [5.74, 6) is -1.84. The van der Waals surface area contributed by atoms with E-state index >= 15 is 0 Å². The van der Waals surface area contributed by atoms with Crippen molar-refractivity contribution in [2.24, 2.45) is 0 Å². The van der Waals surface area contributed by atoms with Gasteiger partial charge in [0.15, 0.2) is 0 Å². The summed E-state index contributed by atoms with van der Waals surface area (Å²) in [7, 11) is 0. The Hall–Kier alpha value is -3.60. The minimum Gasteiger partial charge on any atom is -0.415 e. The zero-order valence-electron chi connectivity index (χ0n) is 11.9. The molecule has 0 atom stereocenters. The first-order valence-electron chi connectivity index (χ1n) is 6.29. The van der Waals surface area contributed by atoms with Gasteiger partial charge in [-0.1, -0.05) is 11.6 Å². The van der Waals surface area contributed by atoms with Crippen molar-refractivity contribution in [1.29, 1.82) is 0 Å². The summed E-state index contributed by atoms with van der Waals surface area (Å²) in [6, 6.07) is 5.51. The fraction of sp³-hybridized carbons (Fsp3) is 0. The van der Waals surface area contributed by atoms with Gasteiger partial charge in [-0.2, -0.15) is 0 Å². The molecule has 2 aromatic carbocycles. The Bertz CT molecular complexity index is 914. The minimum absolute atomic E-state index is 0.00423. The molecule has 0 N–H and O–H groups in total. The molecular formula is C13H6ClN3O8. The molecule has 0 heterocycles. The van der Waals surface area contributed by atoms with Crippen molar-refractivity contribution in [2.45, 2.75) is 0 Å². The van der Waals surface area contributed by atoms with Gasteiger partial charge in [0.1, 0.15) is 5.56 Å². The lowest BCUT2D eigenvalue weighted by atomic mass is 10.2. The van der Waals surface area contributed by atoms with Crippen LogP contribution in [-0.4, -0.2) is 20.7 Å². The average Bonchev–Trinajstić information content (AvgIpc) is 2.54. The third-order valence-corrected chi connectivity index (χ3v) is 3.16. The monoisotopic (exact) mass is 367 g/mol. The summed E-state index contributed by atoms with van der Waals surface area (Å²) in [4.78, 5) is 42.1. The van der Waals surface area contributed by atoms with Crippen LogP contribution in [0, 0.1) is 30.3 Å². The quantitative estimate of drug-likeness (QED) is 0.337. The minimum atomic E-state index is -1.25. The van der Waals surface area contributed by atoms with E-state index in [4.69, 9.17) is 16.3 Å². The second-order valence-corrected chi connectivity index (χ2v) is 4.91. The van der Waals surface area contributed by atoms with Crippen LogP contribution in [-0.2, 0) is 0 Å². The number of nitrogens with zero attached hydrogens (tertiary/aromatic N) is 3. The molecule has 0 aromatic heterocycles. The Balaban J connectivity index is 2.43. The first-order valence-corrected chi connectivity index (χ1v) is 6.67. The highest BCUT2D eigenvalue weighted by atomic mass is 35.5. The van der Waals surface area contributed by atoms with Gasteiger partial charge >= 0.3 is 11.7 Å². The van der Waals surface area contributed by atoms with E-state index in [1.807, 2.05) is 0 Å². The topological polar surface area (TPSA) is 156 Å². The molecule has 0 aliphatic heterocycles. The lowest BCUT2D eigenvalue weighted by Gasteiger charge is -2.06. The number of hydrogen-bond acceptors (Lipinski definition) is 8. The zero-order valence-corrected chi connectivity index (χ0v) is 12.7. The van der Waals surface area contributed by atoms with E-state index in [0.717, 1.165) is 24.3 Å². The highest BCUT2D eigenvalue weighted by molar-refractivity contribution is 6.31. The van der Waals surface area contributed by atoms with Gasteiger partial charge in [-0.05, 0) is 18.2 Å². The van der Waals surface area contributed by atoms with Crippen molar-refractivity contribution >= 4 is 34.6 Å². The molecule has 0 amide bonds. The van der Waals surface area contributed by atoms with Gasteiger partial charge in [-0.15, -0.1) is 0 Å². The number of hydrogen-bond donors (Lipinski definition) is 0. The molecule has 12 heteroatoms. The van der Waals surface area contributed by atoms with E-state index in [2.05, 4.69) is 0 Å². The fourth-order valence-electron chi connectivity index (χ4n) is 1.83. The van der Waals surface area contributed by atoms with E-state index in [1.54, 1.807) is 0 Å². The Morgan fingerprint density at radius 2 is 1.52 bits per heavy atom. The van der Waals surface area contributed by atoms with Crippen LogP contribution in [0.4, 0.5) is 17.1 Å². The summed E-state index contributed by atoms with van der Waals surface area (Å²) in [5.41, 5.74) is -2.55. The molecular weight excluding hydrogens is 362 g/mol. The number of benzene rings is 2. The Morgan fingerprint density at radius 3 is 2.08 bits per heavy atom. The normalized spacial score (nSPS) is 10.1. The van der Waals surface area contributed by atoms with Crippen LogP contribution >= 0.6 is 11.6 Å². The average molecular weight is 368 g/mol. The molecule has 0 saturated heterocycles. The number of ether oxygens (including phenoxy) is 1. The van der Waals surface area contributed by atoms with Crippen molar-refractivity contribution in [3.63, 3.8) is 0 Å². The van der Waals surface area contributed by atoms with Gasteiger partial charge in [0.25, 0.3) is 11.4 Å². The Labute approximate surface area is 142 Å². The second-order valence-electron chi connectivity index (χ2n) is 4.47. The van der Waals surface area contributed by atoms with Gasteiger partial charge in [0.2, 0.25) is 5.75 Å². The first kappa shape index (κ1) is 17.7. The van der Waals surface area contributed by atoms with Crippen LogP contribution in [0.3, 0.4) is 0 Å². The molecule has 0 saturated carbocycles. The van der Waals surface area contributed by atoms with Crippen molar-refractivity contribution < 1.29 is 24.3 Å². The Morgan fingerprint density at radius 1 is 0.880 bits per heavy atom. The summed E-state index contributed by atoms with van der Waals surface area (Å²) in [6.45, 7) is 0. The molecule has 0 unspecified atom stereocenters. The molecule has 0 aliphatic carbocycles. The third-order valence-electron chi connectivity index (χ3n) is 2.93. The first-order chi connectivity index (χ1) is 11.7. The van der Waals surface area contributed by atoms with E-state index < -0.39 is 49.1 Å². The number of halogens is 1. The number of rotatable bonds is 5. The van der Waals surface area contributed by atoms with Crippen molar-refractivity contribution in [3.8, 4) is 5.75 Å². The number of non-ortho nitro benzene ring substituents is 1. The largest absolute Gasteiger partial charge is 0.415 e. The summed E-state index contributed by atoms with van der Waals surface area (Å²) >= 11 is 5.63. The highest BCUT2D eigenvalue weighted by Crippen LogP contribution is 2.32. The van der Waals surface area contributed by atoms with E-state index in [-0.39, 0.29) is 5.02 Å². The number of esters is 1. The van der Waals surface area contributed by atoms with Crippen LogP contribution in [0.5, 0.6) is 5.75 Å². The lowest BCUT2D eigenvalue weighted by Crippen LogP contribution is -2.12. The molecule has 25 heavy (non-hydrogen) atoms. The number of carbonyl (C=O) groups excluding carboxylic acids is 1. The van der Waals surface area contributed by atoms with Crippen LogP contribution in [0.2, 0.25) is 5.02 Å². The predicted octanol–water partition coefficient (Wildman–Crippen LogP) is 3.28. The lowest BCUT2D eigenvalue weighted by molar-refractivity contribution is -0.394. The van der Waals surface area contributed by atoms with E-state index in [1.165, 1.54) is 6.07 Å². The molecule has 0 aliphatic rings. The third kappa shape index (κ3) is 3.84. The van der Waals surface area contributed by atoms with Crippen molar-refractivity contribution in [2.75, 3.05) is 0 Å². The molecule has 0 radical (unpaired) electrons. The van der Waals surface area contributed by atoms with Crippen LogP contribution in [0.1, 0.15) is 10.4 Å². The molecule has 2 rings (SSSR count). The van der Waals surface area contributed by atoms with Crippen LogP contribution < -0.4 is 4.74 Å². The second kappa shape index (κ2) is 6.88. The summed E-state index contributed by atoms with van der Waals surface area (Å²) in [5, 5.41) is 32.7. The maximum atomic E-state index is 12.1. The zero-order chi connectivity index (χ0) is 18.7. The van der Waals surface area contributed by atoms with Crippen molar-refractivity contribution in [3.05, 3.63) is 77.3 Å². The van der Waals surface area contributed by atoms with E-state index in [0.29, 0.717) is 6.07 Å². The smallest absolute Gasteiger partial charge is 0.350 e. The molecule has 11 nitrogen and oxygen atoms in total. The number of nitro benzene ring substituents is 3. The molecule has 0 spiro atoms. The number of nitro groups is 3. The predicted molar refractivity (Wildman–Crippen MR) is 82.8 cm³/mol. The molecule has 0 bridgehead atoms. The summed E-state index contributed by atoms with van der Waals surface area (Å²) in [6.07, 6.45) is 0. The van der Waals surface area contributed by atoms with Gasteiger partial charge in [0, 0.05) is 17.2 Å². The van der Waals surface area contributed by atoms with Gasteiger partial charge in [-0.25, -0.2) is 4.79 Å². The van der Waals surface area contributed by atoms with Crippen LogP contribution in [0.15, 0.2) is 36.4 Å². The number of carbonyl (C=O) groups is 1. The van der Waals surface area contributed by atoms with Gasteiger partial charge in [-0.3, -0.25) is 30.3 Å². The molecule has 0 fully saturated rings. The standard InChI is InChI=1S/C13H6ClN3O8/c14-7-1-3-9(10(5-7)16(21)22)13(18)25-12-4-2-8(15(19)20)6-11(12)17(23)24/h1-6H. The molecule has 2 aromatic rings. The highest BCUT2D eigenvalue weighted by Gasteiger charge is 2.27. The molecule has 128 valence electrons. The van der Waals surface area contributed by atoms with Crippen molar-refractivity contribution in [1.82, 2.24) is 0 Å². The van der Waals surface area contributed by atoms with Crippen LogP contribution in [0.25, 0.3) is 0 Å².